The van der Waals surface area contributed by atoms with Gasteiger partial charge in [0.2, 0.25) is 5.91 Å². The van der Waals surface area contributed by atoms with Gasteiger partial charge in [-0.05, 0) is 33.6 Å². The molecule has 0 spiro atoms. The van der Waals surface area contributed by atoms with E-state index in [0.717, 1.165) is 12.8 Å². The van der Waals surface area contributed by atoms with Crippen LogP contribution in [0.4, 0.5) is 4.79 Å². The quantitative estimate of drug-likeness (QED) is 0.758. The number of carbonyl (C=O) groups is 2. The van der Waals surface area contributed by atoms with Crippen LogP contribution in [0, 0.1) is 0 Å². The minimum atomic E-state index is -0.474. The number of amides is 2. The van der Waals surface area contributed by atoms with Crippen LogP contribution in [-0.2, 0) is 9.53 Å². The van der Waals surface area contributed by atoms with Crippen LogP contribution in [0.15, 0.2) is 0 Å². The van der Waals surface area contributed by atoms with Crippen molar-refractivity contribution in [1.29, 1.82) is 0 Å². The van der Waals surface area contributed by atoms with E-state index in [-0.39, 0.29) is 18.0 Å². The SMILES string of the molecule is CC(=O)N[C@@H]1CCCN(C(=O)OC(C)(C)C)C1. The lowest BCUT2D eigenvalue weighted by molar-refractivity contribution is -0.120. The Balaban J connectivity index is 2.49. The minimum Gasteiger partial charge on any atom is -0.444 e. The zero-order chi connectivity index (χ0) is 13.1. The van der Waals surface area contributed by atoms with Crippen molar-refractivity contribution >= 4 is 12.0 Å². The lowest BCUT2D eigenvalue weighted by atomic mass is 10.1. The summed E-state index contributed by atoms with van der Waals surface area (Å²) in [6.07, 6.45) is 1.51. The number of hydrogen-bond donors (Lipinski definition) is 1. The van der Waals surface area contributed by atoms with Gasteiger partial charge in [-0.25, -0.2) is 4.79 Å². The lowest BCUT2D eigenvalue weighted by Crippen LogP contribution is -2.50. The van der Waals surface area contributed by atoms with Crippen LogP contribution in [-0.4, -0.2) is 41.6 Å². The van der Waals surface area contributed by atoms with Crippen molar-refractivity contribution in [2.45, 2.75) is 52.2 Å². The monoisotopic (exact) mass is 242 g/mol. The maximum Gasteiger partial charge on any atom is 0.410 e. The van der Waals surface area contributed by atoms with Crippen LogP contribution in [0.2, 0.25) is 0 Å². The first-order valence-corrected chi connectivity index (χ1v) is 6.03. The van der Waals surface area contributed by atoms with Crippen LogP contribution >= 0.6 is 0 Å². The summed E-state index contributed by atoms with van der Waals surface area (Å²) in [6.45, 7) is 8.27. The summed E-state index contributed by atoms with van der Waals surface area (Å²) in [5.74, 6) is -0.0546. The number of nitrogens with zero attached hydrogens (tertiary/aromatic N) is 1. The fraction of sp³-hybridized carbons (Fsp3) is 0.833. The molecule has 0 aliphatic carbocycles. The van der Waals surface area contributed by atoms with E-state index in [0.29, 0.717) is 13.1 Å². The van der Waals surface area contributed by atoms with Crippen molar-refractivity contribution in [2.24, 2.45) is 0 Å². The molecule has 0 unspecified atom stereocenters. The molecular formula is C12H22N2O3. The normalized spacial score (nSPS) is 20.9. The average molecular weight is 242 g/mol. The van der Waals surface area contributed by atoms with E-state index in [1.165, 1.54) is 6.92 Å². The maximum atomic E-state index is 11.8. The number of hydrogen-bond acceptors (Lipinski definition) is 3. The Morgan fingerprint density at radius 3 is 2.53 bits per heavy atom. The van der Waals surface area contributed by atoms with Crippen molar-refractivity contribution in [3.05, 3.63) is 0 Å². The first-order chi connectivity index (χ1) is 7.78. The molecule has 1 N–H and O–H groups in total. The third kappa shape index (κ3) is 5.06. The topological polar surface area (TPSA) is 58.6 Å². The average Bonchev–Trinajstić information content (AvgIpc) is 2.14. The van der Waals surface area contributed by atoms with Gasteiger partial charge >= 0.3 is 6.09 Å². The molecule has 0 aromatic rings. The first-order valence-electron chi connectivity index (χ1n) is 6.03. The van der Waals surface area contributed by atoms with E-state index < -0.39 is 5.60 Å². The molecule has 1 atom stereocenters. The van der Waals surface area contributed by atoms with Crippen molar-refractivity contribution in [2.75, 3.05) is 13.1 Å². The van der Waals surface area contributed by atoms with E-state index in [4.69, 9.17) is 4.74 Å². The smallest absolute Gasteiger partial charge is 0.410 e. The number of nitrogens with one attached hydrogen (secondary N) is 1. The van der Waals surface area contributed by atoms with E-state index in [1.54, 1.807) is 4.90 Å². The van der Waals surface area contributed by atoms with Crippen molar-refractivity contribution < 1.29 is 14.3 Å². The first kappa shape index (κ1) is 13.8. The van der Waals surface area contributed by atoms with Crippen molar-refractivity contribution in [3.8, 4) is 0 Å². The Morgan fingerprint density at radius 2 is 2.00 bits per heavy atom. The zero-order valence-corrected chi connectivity index (χ0v) is 11.1. The van der Waals surface area contributed by atoms with Crippen molar-refractivity contribution in [3.63, 3.8) is 0 Å². The van der Waals surface area contributed by atoms with Gasteiger partial charge in [0.1, 0.15) is 5.60 Å². The largest absolute Gasteiger partial charge is 0.444 e. The maximum absolute atomic E-state index is 11.8. The Morgan fingerprint density at radius 1 is 1.35 bits per heavy atom. The minimum absolute atomic E-state index is 0.0498. The van der Waals surface area contributed by atoms with Gasteiger partial charge in [0, 0.05) is 26.1 Å². The van der Waals surface area contributed by atoms with Gasteiger partial charge in [-0.2, -0.15) is 0 Å². The fourth-order valence-corrected chi connectivity index (χ4v) is 1.87. The highest BCUT2D eigenvalue weighted by Gasteiger charge is 2.27. The van der Waals surface area contributed by atoms with Crippen LogP contribution in [0.5, 0.6) is 0 Å². The third-order valence-electron chi connectivity index (χ3n) is 2.48. The number of rotatable bonds is 1. The summed E-state index contributed by atoms with van der Waals surface area (Å²) < 4.78 is 5.30. The summed E-state index contributed by atoms with van der Waals surface area (Å²) in [6, 6.07) is 0.0498. The molecule has 2 amide bonds. The number of ether oxygens (including phenoxy) is 1. The predicted molar refractivity (Wildman–Crippen MR) is 64.6 cm³/mol. The summed E-state index contributed by atoms with van der Waals surface area (Å²) in [5.41, 5.74) is -0.474. The zero-order valence-electron chi connectivity index (χ0n) is 11.1. The van der Waals surface area contributed by atoms with Gasteiger partial charge in [0.25, 0.3) is 0 Å². The summed E-state index contributed by atoms with van der Waals surface area (Å²) in [4.78, 5) is 24.5. The number of likely N-dealkylation sites (tertiary alicyclic amines) is 1. The molecule has 1 saturated heterocycles. The van der Waals surface area contributed by atoms with E-state index in [9.17, 15) is 9.59 Å². The Hall–Kier alpha value is -1.26. The third-order valence-corrected chi connectivity index (χ3v) is 2.48. The molecule has 5 nitrogen and oxygen atoms in total. The van der Waals surface area contributed by atoms with Gasteiger partial charge in [-0.3, -0.25) is 4.79 Å². The second-order valence-corrected chi connectivity index (χ2v) is 5.47. The molecule has 1 fully saturated rings. The molecule has 98 valence electrons. The van der Waals surface area contributed by atoms with Gasteiger partial charge in [0.15, 0.2) is 0 Å². The lowest BCUT2D eigenvalue weighted by Gasteiger charge is -2.34. The molecule has 1 aliphatic rings. The molecule has 1 rings (SSSR count). The number of carbonyl (C=O) groups excluding carboxylic acids is 2. The Kier molecular flexibility index (Phi) is 4.37. The molecule has 0 saturated carbocycles. The molecular weight excluding hydrogens is 220 g/mol. The predicted octanol–water partition coefficient (Wildman–Crippen LogP) is 1.52. The van der Waals surface area contributed by atoms with Gasteiger partial charge in [-0.15, -0.1) is 0 Å². The highest BCUT2D eigenvalue weighted by atomic mass is 16.6. The molecule has 17 heavy (non-hydrogen) atoms. The molecule has 0 bridgehead atoms. The van der Waals surface area contributed by atoms with Crippen LogP contribution in [0.1, 0.15) is 40.5 Å². The van der Waals surface area contributed by atoms with Gasteiger partial charge in [0.05, 0.1) is 0 Å². The molecule has 1 heterocycles. The summed E-state index contributed by atoms with van der Waals surface area (Å²) in [5, 5.41) is 2.84. The molecule has 1 aliphatic heterocycles. The number of piperidine rings is 1. The van der Waals surface area contributed by atoms with E-state index in [2.05, 4.69) is 5.32 Å². The molecule has 0 aromatic carbocycles. The second-order valence-electron chi connectivity index (χ2n) is 5.47. The fourth-order valence-electron chi connectivity index (χ4n) is 1.87. The van der Waals surface area contributed by atoms with E-state index >= 15 is 0 Å². The summed E-state index contributed by atoms with van der Waals surface area (Å²) in [7, 11) is 0. The van der Waals surface area contributed by atoms with Crippen molar-refractivity contribution in [1.82, 2.24) is 10.2 Å². The Bertz CT molecular complexity index is 297. The second kappa shape index (κ2) is 5.38. The van der Waals surface area contributed by atoms with Gasteiger partial charge in [-0.1, -0.05) is 0 Å². The molecule has 5 heteroatoms. The summed E-state index contributed by atoms with van der Waals surface area (Å²) >= 11 is 0. The van der Waals surface area contributed by atoms with Crippen LogP contribution in [0.25, 0.3) is 0 Å². The highest BCUT2D eigenvalue weighted by molar-refractivity contribution is 5.73. The van der Waals surface area contributed by atoms with E-state index in [1.807, 2.05) is 20.8 Å². The molecule has 0 aromatic heterocycles. The molecule has 0 radical (unpaired) electrons. The Labute approximate surface area is 102 Å². The highest BCUT2D eigenvalue weighted by Crippen LogP contribution is 2.15. The standard InChI is InChI=1S/C12H22N2O3/c1-9(15)13-10-6-5-7-14(8-10)11(16)17-12(2,3)4/h10H,5-8H2,1-4H3,(H,13,15)/t10-/m1/s1. The van der Waals surface area contributed by atoms with Crippen LogP contribution < -0.4 is 5.32 Å². The van der Waals surface area contributed by atoms with Gasteiger partial charge < -0.3 is 15.0 Å². The van der Waals surface area contributed by atoms with Crippen LogP contribution in [0.3, 0.4) is 0 Å².